The molecule has 0 saturated carbocycles. The number of alkyl halides is 2. The van der Waals surface area contributed by atoms with Crippen LogP contribution in [0.4, 0.5) is 20.2 Å². The molecule has 0 saturated heterocycles. The number of hydrogen-bond acceptors (Lipinski definition) is 4. The number of nitrogens with zero attached hydrogens (tertiary/aromatic N) is 2. The average molecular weight is 315 g/mol. The number of halogens is 2. The Labute approximate surface area is 121 Å². The molecule has 1 aromatic carbocycles. The Morgan fingerprint density at radius 2 is 1.90 bits per heavy atom. The van der Waals surface area contributed by atoms with Gasteiger partial charge in [0.25, 0.3) is 0 Å². The fourth-order valence-electron chi connectivity index (χ4n) is 1.75. The van der Waals surface area contributed by atoms with Gasteiger partial charge in [0.1, 0.15) is 0 Å². The smallest absolute Gasteiger partial charge is 0.341 e. The van der Waals surface area contributed by atoms with Crippen molar-refractivity contribution < 1.29 is 17.2 Å². The van der Waals surface area contributed by atoms with Gasteiger partial charge >= 0.3 is 5.76 Å². The second kappa shape index (κ2) is 5.80. The van der Waals surface area contributed by atoms with Gasteiger partial charge in [-0.15, -0.1) is 0 Å². The van der Waals surface area contributed by atoms with E-state index in [2.05, 4.69) is 10.4 Å². The van der Waals surface area contributed by atoms with E-state index in [1.807, 2.05) is 13.8 Å². The van der Waals surface area contributed by atoms with Gasteiger partial charge in [-0.25, -0.2) is 8.42 Å². The first kappa shape index (κ1) is 15.4. The molecule has 1 N–H and O–H groups in total. The summed E-state index contributed by atoms with van der Waals surface area (Å²) < 4.78 is 50.4. The molecular formula is C13H15F2N3O2S. The molecule has 0 aliphatic rings. The lowest BCUT2D eigenvalue weighted by molar-refractivity contribution is 0.235. The molecule has 0 unspecified atom stereocenters. The maximum absolute atomic E-state index is 12.7. The minimum absolute atomic E-state index is 0.0982. The first-order chi connectivity index (χ1) is 9.82. The Kier molecular flexibility index (Phi) is 4.26. The second-order valence-electron chi connectivity index (χ2n) is 4.73. The molecule has 0 fully saturated rings. The van der Waals surface area contributed by atoms with Crippen molar-refractivity contribution in [2.75, 3.05) is 5.32 Å². The van der Waals surface area contributed by atoms with E-state index < -0.39 is 20.5 Å². The summed E-state index contributed by atoms with van der Waals surface area (Å²) in [7, 11) is -4.66. The number of aromatic nitrogens is 2. The van der Waals surface area contributed by atoms with Crippen molar-refractivity contribution in [3.05, 3.63) is 36.7 Å². The highest BCUT2D eigenvalue weighted by molar-refractivity contribution is 7.91. The van der Waals surface area contributed by atoms with Gasteiger partial charge in [0.15, 0.2) is 0 Å². The van der Waals surface area contributed by atoms with Crippen molar-refractivity contribution in [3.63, 3.8) is 0 Å². The minimum atomic E-state index is -4.66. The van der Waals surface area contributed by atoms with Gasteiger partial charge in [0.05, 0.1) is 22.5 Å². The molecule has 0 bridgehead atoms. The zero-order valence-electron chi connectivity index (χ0n) is 11.5. The van der Waals surface area contributed by atoms with E-state index in [-0.39, 0.29) is 11.7 Å². The van der Waals surface area contributed by atoms with Crippen molar-refractivity contribution >= 4 is 21.2 Å². The van der Waals surface area contributed by atoms with Crippen LogP contribution in [-0.4, -0.2) is 24.0 Å². The molecule has 0 aliphatic heterocycles. The molecule has 1 heterocycles. The first-order valence-corrected chi connectivity index (χ1v) is 7.79. The highest BCUT2D eigenvalue weighted by atomic mass is 32.2. The summed E-state index contributed by atoms with van der Waals surface area (Å²) in [4.78, 5) is -0.433. The fourth-order valence-corrected chi connectivity index (χ4v) is 2.64. The van der Waals surface area contributed by atoms with Crippen molar-refractivity contribution in [3.8, 4) is 0 Å². The third-order valence-electron chi connectivity index (χ3n) is 2.84. The lowest BCUT2D eigenvalue weighted by atomic mass is 10.3. The molecule has 1 aromatic heterocycles. The van der Waals surface area contributed by atoms with E-state index in [4.69, 9.17) is 0 Å². The Morgan fingerprint density at radius 1 is 1.24 bits per heavy atom. The average Bonchev–Trinajstić information content (AvgIpc) is 2.87. The van der Waals surface area contributed by atoms with Gasteiger partial charge in [0.2, 0.25) is 9.84 Å². The van der Waals surface area contributed by atoms with E-state index in [1.165, 1.54) is 18.3 Å². The predicted molar refractivity (Wildman–Crippen MR) is 75.5 cm³/mol. The van der Waals surface area contributed by atoms with Crippen molar-refractivity contribution in [2.24, 2.45) is 0 Å². The predicted octanol–water partition coefficient (Wildman–Crippen LogP) is 3.20. The molecule has 0 amide bonds. The van der Waals surface area contributed by atoms with Crippen molar-refractivity contribution in [2.45, 2.75) is 30.5 Å². The quantitative estimate of drug-likeness (QED) is 0.920. The summed E-state index contributed by atoms with van der Waals surface area (Å²) in [5.41, 5.74) is 0.627. The summed E-state index contributed by atoms with van der Waals surface area (Å²) in [5, 5.41) is 6.91. The standard InChI is InChI=1S/C13H15F2N3O2S/c1-9(2)18-8-10(7-16-18)17-11-5-3-4-6-12(11)21(19,20)13(14)15/h3-9,13,17H,1-2H3. The van der Waals surface area contributed by atoms with E-state index in [9.17, 15) is 17.2 Å². The summed E-state index contributed by atoms with van der Waals surface area (Å²) in [5.74, 6) is -3.46. The Balaban J connectivity index is 2.37. The van der Waals surface area contributed by atoms with Gasteiger partial charge in [0, 0.05) is 12.2 Å². The summed E-state index contributed by atoms with van der Waals surface area (Å²) in [6, 6.07) is 5.69. The van der Waals surface area contributed by atoms with Crippen LogP contribution < -0.4 is 5.32 Å². The first-order valence-electron chi connectivity index (χ1n) is 6.24. The van der Waals surface area contributed by atoms with Crippen LogP contribution in [0.5, 0.6) is 0 Å². The van der Waals surface area contributed by atoms with Crippen LogP contribution in [0.1, 0.15) is 19.9 Å². The Morgan fingerprint density at radius 3 is 2.48 bits per heavy atom. The fraction of sp³-hybridized carbons (Fsp3) is 0.308. The molecular weight excluding hydrogens is 300 g/mol. The maximum atomic E-state index is 12.7. The molecule has 0 radical (unpaired) electrons. The molecule has 0 aliphatic carbocycles. The number of hydrogen-bond donors (Lipinski definition) is 1. The SMILES string of the molecule is CC(C)n1cc(Nc2ccccc2S(=O)(=O)C(F)F)cn1. The molecule has 2 aromatic rings. The van der Waals surface area contributed by atoms with Gasteiger partial charge in [-0.1, -0.05) is 12.1 Å². The van der Waals surface area contributed by atoms with E-state index in [0.717, 1.165) is 6.07 Å². The highest BCUT2D eigenvalue weighted by Crippen LogP contribution is 2.28. The molecule has 8 heteroatoms. The Hall–Kier alpha value is -1.96. The molecule has 21 heavy (non-hydrogen) atoms. The number of rotatable bonds is 5. The van der Waals surface area contributed by atoms with Gasteiger partial charge in [-0.05, 0) is 26.0 Å². The van der Waals surface area contributed by atoms with Gasteiger partial charge in [-0.2, -0.15) is 13.9 Å². The van der Waals surface area contributed by atoms with Gasteiger partial charge in [-0.3, -0.25) is 4.68 Å². The second-order valence-corrected chi connectivity index (χ2v) is 6.62. The third-order valence-corrected chi connectivity index (χ3v) is 4.28. The molecule has 2 rings (SSSR count). The van der Waals surface area contributed by atoms with Crippen LogP contribution in [0.25, 0.3) is 0 Å². The molecule has 0 spiro atoms. The third kappa shape index (κ3) is 3.21. The maximum Gasteiger partial charge on any atom is 0.341 e. The number of sulfone groups is 1. The van der Waals surface area contributed by atoms with E-state index in [0.29, 0.717) is 5.69 Å². The van der Waals surface area contributed by atoms with Crippen LogP contribution >= 0.6 is 0 Å². The van der Waals surface area contributed by atoms with Crippen LogP contribution in [0.2, 0.25) is 0 Å². The van der Waals surface area contributed by atoms with Crippen molar-refractivity contribution in [1.82, 2.24) is 9.78 Å². The van der Waals surface area contributed by atoms with E-state index >= 15 is 0 Å². The number of anilines is 2. The number of para-hydroxylation sites is 1. The summed E-state index contributed by atoms with van der Waals surface area (Å²) >= 11 is 0. The zero-order valence-corrected chi connectivity index (χ0v) is 12.3. The molecule has 5 nitrogen and oxygen atoms in total. The monoisotopic (exact) mass is 315 g/mol. The minimum Gasteiger partial charge on any atom is -0.352 e. The van der Waals surface area contributed by atoms with Crippen LogP contribution in [0.15, 0.2) is 41.6 Å². The van der Waals surface area contributed by atoms with E-state index in [1.54, 1.807) is 16.9 Å². The van der Waals surface area contributed by atoms with Crippen LogP contribution in [0.3, 0.4) is 0 Å². The zero-order chi connectivity index (χ0) is 15.6. The van der Waals surface area contributed by atoms with Crippen LogP contribution in [-0.2, 0) is 9.84 Å². The highest BCUT2D eigenvalue weighted by Gasteiger charge is 2.29. The van der Waals surface area contributed by atoms with Crippen LogP contribution in [0, 0.1) is 0 Å². The van der Waals surface area contributed by atoms with Crippen molar-refractivity contribution in [1.29, 1.82) is 0 Å². The lowest BCUT2D eigenvalue weighted by Crippen LogP contribution is -2.13. The largest absolute Gasteiger partial charge is 0.352 e. The molecule has 0 atom stereocenters. The Bertz CT molecular complexity index is 727. The summed E-state index contributed by atoms with van der Waals surface area (Å²) in [6.07, 6.45) is 3.18. The molecule has 114 valence electrons. The summed E-state index contributed by atoms with van der Waals surface area (Å²) in [6.45, 7) is 3.87. The normalized spacial score (nSPS) is 12.1. The lowest BCUT2D eigenvalue weighted by Gasteiger charge is -2.10. The number of nitrogens with one attached hydrogen (secondary N) is 1. The topological polar surface area (TPSA) is 64.0 Å². The number of benzene rings is 1. The van der Waals surface area contributed by atoms with Gasteiger partial charge < -0.3 is 5.32 Å².